The van der Waals surface area contributed by atoms with Crippen LogP contribution >= 0.6 is 0 Å². The second-order valence-electron chi connectivity index (χ2n) is 10.8. The van der Waals surface area contributed by atoms with Crippen LogP contribution in [0.25, 0.3) is 22.3 Å². The number of hydrogen-bond donors (Lipinski definition) is 3. The Morgan fingerprint density at radius 2 is 1.30 bits per heavy atom. The molecule has 3 aromatic heterocycles. The number of methoxy groups -OCH3 is 1. The summed E-state index contributed by atoms with van der Waals surface area (Å²) in [5.41, 5.74) is -1.89. The van der Waals surface area contributed by atoms with Gasteiger partial charge >= 0.3 is 36.0 Å². The summed E-state index contributed by atoms with van der Waals surface area (Å²) in [5.74, 6) is -3.73. The number of aromatic nitrogens is 8. The lowest BCUT2D eigenvalue weighted by Gasteiger charge is -2.15. The van der Waals surface area contributed by atoms with Gasteiger partial charge in [-0.05, 0) is 38.1 Å². The summed E-state index contributed by atoms with van der Waals surface area (Å²) in [6.07, 6.45) is -7.35. The molecule has 0 atom stereocenters. The summed E-state index contributed by atoms with van der Waals surface area (Å²) in [7, 11) is -3.00. The quantitative estimate of drug-likeness (QED) is 0.0828. The molecule has 5 rings (SSSR count). The van der Waals surface area contributed by atoms with Crippen LogP contribution in [0.2, 0.25) is 0 Å². The molecule has 0 unspecified atom stereocenters. The summed E-state index contributed by atoms with van der Waals surface area (Å²) >= 11 is 0. The third-order valence-corrected chi connectivity index (χ3v) is 7.36. The topological polar surface area (TPSA) is 267 Å². The highest BCUT2D eigenvalue weighted by atomic mass is 32.2. The standard InChI is InChI=1S/C15H13F3N6O6S.C14H13F3N4O4/c1-3-30-13(26)11-19-6-23(21-11)10-4-7-9(5-8(10)15(16,17)18)20-14(27)24(12(7)25)22-31(2,28)29;1-3-25-13(23)11-19-6-21(20-11)10-4-7(12(22)24-2)9(18)5-8(10)14(15,16)17/h4-6,22H,3H2,1-2H3,(H,20,27);4-6H,3,18H2,1-2H3. The molecule has 300 valence electrons. The Kier molecular flexibility index (Phi) is 11.9. The number of rotatable bonds is 9. The summed E-state index contributed by atoms with van der Waals surface area (Å²) in [6.45, 7) is 3.10. The average Bonchev–Trinajstić information content (AvgIpc) is 3.80. The summed E-state index contributed by atoms with van der Waals surface area (Å²) in [5, 5.41) is 6.85. The fraction of sp³-hybridized carbons (Fsp3) is 0.276. The number of alkyl halides is 6. The van der Waals surface area contributed by atoms with Gasteiger partial charge in [-0.25, -0.2) is 51.8 Å². The highest BCUT2D eigenvalue weighted by Gasteiger charge is 2.37. The van der Waals surface area contributed by atoms with E-state index in [1.165, 1.54) is 6.92 Å². The van der Waals surface area contributed by atoms with Crippen LogP contribution in [0.1, 0.15) is 56.6 Å². The van der Waals surface area contributed by atoms with Crippen LogP contribution in [0, 0.1) is 0 Å². The zero-order chi connectivity index (χ0) is 41.9. The molecule has 5 aromatic rings. The number of nitrogens with two attached hydrogens (primary N) is 1. The Balaban J connectivity index is 0.000000255. The number of nitrogen functional groups attached to an aromatic ring is 1. The SMILES string of the molecule is CCOC(=O)c1ncn(-c2cc(C(=O)OC)c(N)cc2C(F)(F)F)n1.CCOC(=O)c1ncn(-c2cc3c(=O)n(NS(C)(=O)=O)c(=O)[nH]c3cc2C(F)(F)F)n1. The number of nitrogens with zero attached hydrogens (tertiary/aromatic N) is 7. The summed E-state index contributed by atoms with van der Waals surface area (Å²) in [6, 6.07) is 2.69. The lowest BCUT2D eigenvalue weighted by Crippen LogP contribution is -2.43. The molecule has 0 aliphatic rings. The number of nitrogens with one attached hydrogen (secondary N) is 2. The third-order valence-electron chi connectivity index (χ3n) is 6.85. The molecule has 0 saturated carbocycles. The molecule has 0 fully saturated rings. The van der Waals surface area contributed by atoms with Crippen molar-refractivity contribution in [2.75, 3.05) is 37.1 Å². The minimum atomic E-state index is -4.95. The fourth-order valence-electron chi connectivity index (χ4n) is 4.56. The predicted octanol–water partition coefficient (Wildman–Crippen LogP) is 1.80. The first-order chi connectivity index (χ1) is 26.0. The molecular weight excluding hydrogens is 794 g/mol. The molecular formula is C29H26F6N10O10S. The maximum Gasteiger partial charge on any atom is 0.418 e. The zero-order valence-electron chi connectivity index (χ0n) is 28.8. The number of esters is 3. The molecule has 3 heterocycles. The first-order valence-electron chi connectivity index (χ1n) is 15.2. The van der Waals surface area contributed by atoms with Crippen molar-refractivity contribution in [1.82, 2.24) is 39.2 Å². The number of aromatic amines is 1. The van der Waals surface area contributed by atoms with E-state index in [2.05, 4.69) is 34.4 Å². The molecule has 0 radical (unpaired) electrons. The van der Waals surface area contributed by atoms with Gasteiger partial charge in [0.15, 0.2) is 0 Å². The van der Waals surface area contributed by atoms with Gasteiger partial charge in [0.1, 0.15) is 12.7 Å². The number of benzene rings is 2. The second kappa shape index (κ2) is 15.9. The van der Waals surface area contributed by atoms with E-state index in [9.17, 15) is 58.7 Å². The van der Waals surface area contributed by atoms with Crippen LogP contribution in [-0.4, -0.2) is 92.1 Å². The molecule has 0 amide bonds. The molecule has 2 aromatic carbocycles. The van der Waals surface area contributed by atoms with Crippen molar-refractivity contribution in [2.45, 2.75) is 26.2 Å². The first-order valence-corrected chi connectivity index (χ1v) is 17.0. The highest BCUT2D eigenvalue weighted by molar-refractivity contribution is 7.91. The number of sulfonamides is 1. The number of H-pyrrole nitrogens is 1. The van der Waals surface area contributed by atoms with Gasteiger partial charge in [-0.15, -0.1) is 10.2 Å². The minimum absolute atomic E-state index is 0.0165. The largest absolute Gasteiger partial charge is 0.465 e. The smallest absolute Gasteiger partial charge is 0.418 e. The maximum absolute atomic E-state index is 13.6. The van der Waals surface area contributed by atoms with E-state index in [4.69, 9.17) is 5.73 Å². The van der Waals surface area contributed by atoms with Crippen molar-refractivity contribution in [2.24, 2.45) is 0 Å². The van der Waals surface area contributed by atoms with Crippen molar-refractivity contribution < 1.29 is 63.4 Å². The summed E-state index contributed by atoms with van der Waals surface area (Å²) < 4.78 is 119. The molecule has 0 bridgehead atoms. The highest BCUT2D eigenvalue weighted by Crippen LogP contribution is 2.37. The van der Waals surface area contributed by atoms with Gasteiger partial charge in [0.05, 0.1) is 65.5 Å². The maximum atomic E-state index is 13.6. The van der Waals surface area contributed by atoms with E-state index in [0.717, 1.165) is 31.9 Å². The molecule has 4 N–H and O–H groups in total. The van der Waals surface area contributed by atoms with Gasteiger partial charge in [0, 0.05) is 5.69 Å². The second-order valence-corrected chi connectivity index (χ2v) is 12.5. The third kappa shape index (κ3) is 9.28. The Morgan fingerprint density at radius 3 is 1.75 bits per heavy atom. The normalized spacial score (nSPS) is 11.8. The van der Waals surface area contributed by atoms with Gasteiger partial charge < -0.3 is 24.9 Å². The van der Waals surface area contributed by atoms with Gasteiger partial charge in [-0.2, -0.15) is 31.0 Å². The number of anilines is 1. The number of halogens is 6. The Bertz CT molecular complexity index is 2560. The zero-order valence-corrected chi connectivity index (χ0v) is 29.7. The van der Waals surface area contributed by atoms with Gasteiger partial charge in [-0.3, -0.25) is 4.79 Å². The van der Waals surface area contributed by atoms with Gasteiger partial charge in [-0.1, -0.05) is 0 Å². The molecule has 20 nitrogen and oxygen atoms in total. The van der Waals surface area contributed by atoms with Crippen LogP contribution in [-0.2, 0) is 36.6 Å². The van der Waals surface area contributed by atoms with Crippen molar-refractivity contribution in [3.8, 4) is 11.4 Å². The van der Waals surface area contributed by atoms with Crippen molar-refractivity contribution >= 4 is 44.5 Å². The molecule has 0 aliphatic carbocycles. The van der Waals surface area contributed by atoms with E-state index >= 15 is 0 Å². The first kappa shape index (κ1) is 41.9. The van der Waals surface area contributed by atoms with E-state index in [-0.39, 0.29) is 23.5 Å². The Morgan fingerprint density at radius 1 is 0.821 bits per heavy atom. The van der Waals surface area contributed by atoms with Crippen LogP contribution in [0.4, 0.5) is 32.0 Å². The average molecular weight is 821 g/mol. The van der Waals surface area contributed by atoms with E-state index < -0.39 is 102 Å². The molecule has 0 spiro atoms. The monoisotopic (exact) mass is 820 g/mol. The summed E-state index contributed by atoms with van der Waals surface area (Å²) in [4.78, 5) is 70.4. The van der Waals surface area contributed by atoms with Crippen molar-refractivity contribution in [3.63, 3.8) is 0 Å². The van der Waals surface area contributed by atoms with Crippen LogP contribution < -0.4 is 21.8 Å². The number of hydrogen-bond acceptors (Lipinski definition) is 15. The number of ether oxygens (including phenoxy) is 3. The number of carbonyl (C=O) groups is 3. The lowest BCUT2D eigenvalue weighted by molar-refractivity contribution is -0.138. The minimum Gasteiger partial charge on any atom is -0.465 e. The van der Waals surface area contributed by atoms with Crippen LogP contribution in [0.5, 0.6) is 0 Å². The Hall–Kier alpha value is -6.80. The molecule has 0 aliphatic heterocycles. The van der Waals surface area contributed by atoms with Crippen LogP contribution in [0.15, 0.2) is 46.5 Å². The molecule has 56 heavy (non-hydrogen) atoms. The molecule has 0 saturated heterocycles. The van der Waals surface area contributed by atoms with E-state index in [0.29, 0.717) is 27.8 Å². The molecule has 27 heteroatoms. The van der Waals surface area contributed by atoms with E-state index in [1.807, 2.05) is 4.98 Å². The van der Waals surface area contributed by atoms with E-state index in [1.54, 1.807) is 11.8 Å². The van der Waals surface area contributed by atoms with Gasteiger partial charge in [0.2, 0.25) is 10.0 Å². The number of fused-ring (bicyclic) bond motifs is 1. The van der Waals surface area contributed by atoms with Crippen LogP contribution in [0.3, 0.4) is 0 Å². The lowest BCUT2D eigenvalue weighted by atomic mass is 10.1. The fourth-order valence-corrected chi connectivity index (χ4v) is 5.06. The number of carbonyl (C=O) groups excluding carboxylic acids is 3. The predicted molar refractivity (Wildman–Crippen MR) is 177 cm³/mol. The van der Waals surface area contributed by atoms with Gasteiger partial charge in [0.25, 0.3) is 17.2 Å². The van der Waals surface area contributed by atoms with Crippen molar-refractivity contribution in [3.05, 3.63) is 86.1 Å². The van der Waals surface area contributed by atoms with Crippen molar-refractivity contribution in [1.29, 1.82) is 0 Å². The Labute approximate surface area is 307 Å².